The molecule has 2 aromatic carbocycles. The first kappa shape index (κ1) is 24.4. The summed E-state index contributed by atoms with van der Waals surface area (Å²) in [4.78, 5) is 38.3. The number of carbonyl (C=O) groups excluding carboxylic acids is 1. The van der Waals surface area contributed by atoms with Crippen molar-refractivity contribution in [1.82, 2.24) is 14.9 Å². The number of anilines is 3. The number of halogens is 1. The van der Waals surface area contributed by atoms with Gasteiger partial charge in [0.2, 0.25) is 5.95 Å². The van der Waals surface area contributed by atoms with Gasteiger partial charge in [-0.05, 0) is 44.3 Å². The van der Waals surface area contributed by atoms with Gasteiger partial charge in [-0.3, -0.25) is 4.79 Å². The fourth-order valence-corrected chi connectivity index (χ4v) is 4.51. The second-order valence-corrected chi connectivity index (χ2v) is 8.91. The Morgan fingerprint density at radius 1 is 1.11 bits per heavy atom. The van der Waals surface area contributed by atoms with E-state index in [1.807, 2.05) is 19.2 Å². The van der Waals surface area contributed by atoms with E-state index in [4.69, 9.17) is 9.15 Å². The van der Waals surface area contributed by atoms with Crippen molar-refractivity contribution in [2.75, 3.05) is 50.6 Å². The van der Waals surface area contributed by atoms with Gasteiger partial charge >= 0.3 is 5.63 Å². The lowest BCUT2D eigenvalue weighted by atomic mass is 10.1. The maximum Gasteiger partial charge on any atom is 0.349 e. The van der Waals surface area contributed by atoms with Crippen LogP contribution in [0.3, 0.4) is 0 Å². The monoisotopic (exact) mass is 503 g/mol. The Hall–Kier alpha value is -4.31. The first-order valence-corrected chi connectivity index (χ1v) is 11.8. The first-order valence-electron chi connectivity index (χ1n) is 11.8. The average molecular weight is 504 g/mol. The van der Waals surface area contributed by atoms with Crippen LogP contribution in [0, 0.1) is 5.82 Å². The number of likely N-dealkylation sites (N-methyl/N-ethyl adjacent to an activating group) is 1. The molecule has 190 valence electrons. The van der Waals surface area contributed by atoms with Crippen LogP contribution in [0.25, 0.3) is 22.2 Å². The second-order valence-electron chi connectivity index (χ2n) is 8.91. The summed E-state index contributed by atoms with van der Waals surface area (Å²) in [6, 6.07) is 11.3. The minimum atomic E-state index is -0.660. The maximum absolute atomic E-state index is 13.6. The second kappa shape index (κ2) is 9.98. The number of hydrogen-bond donors (Lipinski definition) is 1. The number of rotatable bonds is 6. The number of piperazine rings is 1. The number of benzene rings is 2. The van der Waals surface area contributed by atoms with Crippen molar-refractivity contribution < 1.29 is 18.3 Å². The number of Topliss-reactive ketones (excluding diaryl/α,β-unsaturated/α-hetero) is 1. The predicted molar refractivity (Wildman–Crippen MR) is 139 cm³/mol. The van der Waals surface area contributed by atoms with Crippen LogP contribution in [-0.4, -0.2) is 61.0 Å². The molecule has 3 heterocycles. The first-order chi connectivity index (χ1) is 17.8. The number of aromatic nitrogens is 2. The van der Waals surface area contributed by atoms with E-state index in [-0.39, 0.29) is 11.3 Å². The Balaban J connectivity index is 1.51. The van der Waals surface area contributed by atoms with Gasteiger partial charge in [0.05, 0.1) is 18.5 Å². The van der Waals surface area contributed by atoms with E-state index < -0.39 is 11.4 Å². The van der Waals surface area contributed by atoms with Gasteiger partial charge in [-0.1, -0.05) is 0 Å². The van der Waals surface area contributed by atoms with Gasteiger partial charge in [-0.25, -0.2) is 19.2 Å². The summed E-state index contributed by atoms with van der Waals surface area (Å²) in [5, 5.41) is 3.82. The average Bonchev–Trinajstić information content (AvgIpc) is 2.88. The third-order valence-electron chi connectivity index (χ3n) is 6.40. The van der Waals surface area contributed by atoms with E-state index in [0.717, 1.165) is 13.1 Å². The van der Waals surface area contributed by atoms with E-state index in [2.05, 4.69) is 25.1 Å². The molecule has 0 saturated carbocycles. The van der Waals surface area contributed by atoms with Crippen LogP contribution >= 0.6 is 0 Å². The van der Waals surface area contributed by atoms with Crippen LogP contribution in [0.1, 0.15) is 17.3 Å². The van der Waals surface area contributed by atoms with Gasteiger partial charge in [0.25, 0.3) is 0 Å². The third kappa shape index (κ3) is 4.88. The fourth-order valence-electron chi connectivity index (χ4n) is 4.51. The Labute approximate surface area is 212 Å². The summed E-state index contributed by atoms with van der Waals surface area (Å²) in [5.74, 6) is -0.0807. The Morgan fingerprint density at radius 3 is 2.62 bits per heavy atom. The summed E-state index contributed by atoms with van der Waals surface area (Å²) in [5.41, 5.74) is 2.14. The quantitative estimate of drug-likeness (QED) is 0.308. The molecular weight excluding hydrogens is 477 g/mol. The number of methoxy groups -OCH3 is 1. The lowest BCUT2D eigenvalue weighted by Crippen LogP contribution is -2.45. The molecule has 1 aliphatic rings. The highest BCUT2D eigenvalue weighted by molar-refractivity contribution is 6.07. The number of carbonyl (C=O) groups is 1. The third-order valence-corrected chi connectivity index (χ3v) is 6.40. The number of nitrogens with one attached hydrogen (secondary N) is 1. The lowest BCUT2D eigenvalue weighted by molar-refractivity contribution is 0.101. The minimum Gasteiger partial charge on any atom is -0.496 e. The van der Waals surface area contributed by atoms with Crippen LogP contribution in [0.4, 0.5) is 21.7 Å². The van der Waals surface area contributed by atoms with Gasteiger partial charge in [-0.15, -0.1) is 0 Å². The van der Waals surface area contributed by atoms with Crippen molar-refractivity contribution in [3.63, 3.8) is 0 Å². The smallest absolute Gasteiger partial charge is 0.349 e. The molecule has 37 heavy (non-hydrogen) atoms. The molecule has 0 amide bonds. The van der Waals surface area contributed by atoms with E-state index in [1.165, 1.54) is 26.2 Å². The number of hydrogen-bond acceptors (Lipinski definition) is 9. The summed E-state index contributed by atoms with van der Waals surface area (Å²) in [7, 11) is 3.51. The minimum absolute atomic E-state index is 0.0713. The zero-order valence-electron chi connectivity index (χ0n) is 20.7. The molecule has 1 aliphatic heterocycles. The van der Waals surface area contributed by atoms with Gasteiger partial charge in [-0.2, -0.15) is 0 Å². The molecule has 1 saturated heterocycles. The highest BCUT2D eigenvalue weighted by Crippen LogP contribution is 2.33. The Morgan fingerprint density at radius 2 is 1.89 bits per heavy atom. The molecule has 0 unspecified atom stereocenters. The molecule has 1 fully saturated rings. The largest absolute Gasteiger partial charge is 0.496 e. The van der Waals surface area contributed by atoms with Crippen LogP contribution in [-0.2, 0) is 0 Å². The molecule has 0 radical (unpaired) electrons. The van der Waals surface area contributed by atoms with Crippen molar-refractivity contribution in [1.29, 1.82) is 0 Å². The molecule has 2 aromatic heterocycles. The maximum atomic E-state index is 13.6. The molecule has 0 bridgehead atoms. The number of ketones is 1. The summed E-state index contributed by atoms with van der Waals surface area (Å²) >= 11 is 0. The lowest BCUT2D eigenvalue weighted by Gasteiger charge is -2.35. The molecular formula is C27H26FN5O4. The van der Waals surface area contributed by atoms with Crippen molar-refractivity contribution in [2.24, 2.45) is 0 Å². The van der Waals surface area contributed by atoms with E-state index in [0.29, 0.717) is 58.4 Å². The fraction of sp³-hybridized carbons (Fsp3) is 0.259. The van der Waals surface area contributed by atoms with E-state index in [1.54, 1.807) is 24.4 Å². The summed E-state index contributed by atoms with van der Waals surface area (Å²) < 4.78 is 24.5. The highest BCUT2D eigenvalue weighted by Gasteiger charge is 2.25. The van der Waals surface area contributed by atoms with Crippen LogP contribution in [0.2, 0.25) is 0 Å². The predicted octanol–water partition coefficient (Wildman–Crippen LogP) is 4.10. The molecule has 9 nitrogen and oxygen atoms in total. The van der Waals surface area contributed by atoms with Crippen LogP contribution in [0.15, 0.2) is 57.9 Å². The number of ether oxygens (including phenoxy) is 1. The van der Waals surface area contributed by atoms with E-state index in [9.17, 15) is 14.0 Å². The highest BCUT2D eigenvalue weighted by atomic mass is 19.1. The molecule has 4 aromatic rings. The molecule has 10 heteroatoms. The van der Waals surface area contributed by atoms with Crippen molar-refractivity contribution in [3.8, 4) is 17.0 Å². The summed E-state index contributed by atoms with van der Waals surface area (Å²) in [6.45, 7) is 4.43. The van der Waals surface area contributed by atoms with Gasteiger partial charge < -0.3 is 24.3 Å². The van der Waals surface area contributed by atoms with E-state index >= 15 is 0 Å². The number of nitrogens with zero attached hydrogens (tertiary/aromatic N) is 4. The molecule has 1 N–H and O–H groups in total. The SMILES string of the molecule is COc1cc(F)ccc1-c1ccnc(Nc2ccc3c(N4CCN(C)CC4)c(C(C)=O)c(=O)oc3c2)n1. The standard InChI is InChI=1S/C27H26FN5O4/c1-16(34)24-25(33-12-10-32(2)11-13-33)20-7-5-18(15-23(20)37-26(24)35)30-27-29-9-8-21(31-27)19-6-4-17(28)14-22(19)36-3/h4-9,14-15H,10-13H2,1-3H3,(H,29,30,31). The summed E-state index contributed by atoms with van der Waals surface area (Å²) in [6.07, 6.45) is 1.58. The van der Waals surface area contributed by atoms with Crippen molar-refractivity contribution in [2.45, 2.75) is 6.92 Å². The van der Waals surface area contributed by atoms with Crippen LogP contribution < -0.4 is 20.6 Å². The van der Waals surface area contributed by atoms with Crippen molar-refractivity contribution >= 4 is 34.1 Å². The normalized spacial score (nSPS) is 14.1. The zero-order chi connectivity index (χ0) is 26.1. The van der Waals surface area contributed by atoms with Crippen molar-refractivity contribution in [3.05, 3.63) is 70.5 Å². The topological polar surface area (TPSA) is 101 Å². The van der Waals surface area contributed by atoms with Gasteiger partial charge in [0, 0.05) is 61.1 Å². The van der Waals surface area contributed by atoms with Gasteiger partial charge in [0.1, 0.15) is 22.7 Å². The molecule has 0 aliphatic carbocycles. The zero-order valence-corrected chi connectivity index (χ0v) is 20.7. The molecule has 5 rings (SSSR count). The Kier molecular flexibility index (Phi) is 6.58. The van der Waals surface area contributed by atoms with Crippen LogP contribution in [0.5, 0.6) is 5.75 Å². The molecule has 0 atom stereocenters. The molecule has 0 spiro atoms. The van der Waals surface area contributed by atoms with Gasteiger partial charge in [0.15, 0.2) is 5.78 Å². The number of fused-ring (bicyclic) bond motifs is 1. The Bertz CT molecular complexity index is 1550.